The maximum Gasteiger partial charge on any atom is 0.251 e. The fourth-order valence-corrected chi connectivity index (χ4v) is 2.67. The molecule has 0 heterocycles. The monoisotopic (exact) mass is 437 g/mol. The molecule has 26 heavy (non-hydrogen) atoms. The molecule has 2 rings (SSSR count). The summed E-state index contributed by atoms with van der Waals surface area (Å²) in [6.45, 7) is 1.45. The number of rotatable bonds is 6. The van der Waals surface area contributed by atoms with Gasteiger partial charge < -0.3 is 16.0 Å². The van der Waals surface area contributed by atoms with E-state index in [1.54, 1.807) is 30.3 Å². The topological polar surface area (TPSA) is 87.3 Å². The molecule has 2 aromatic carbocycles. The van der Waals surface area contributed by atoms with Gasteiger partial charge in [0.2, 0.25) is 11.8 Å². The first kappa shape index (κ1) is 19.9. The lowest BCUT2D eigenvalue weighted by Crippen LogP contribution is -2.40. The quantitative estimate of drug-likeness (QED) is 0.648. The Morgan fingerprint density at radius 2 is 1.62 bits per heavy atom. The third-order valence-corrected chi connectivity index (χ3v) is 4.17. The van der Waals surface area contributed by atoms with Crippen molar-refractivity contribution in [3.8, 4) is 0 Å². The Morgan fingerprint density at radius 3 is 2.27 bits per heavy atom. The van der Waals surface area contributed by atoms with E-state index in [0.717, 1.165) is 10.0 Å². The molecule has 0 bridgehead atoms. The Kier molecular flexibility index (Phi) is 7.17. The first-order chi connectivity index (χ1) is 12.3. The number of anilines is 1. The lowest BCUT2D eigenvalue weighted by atomic mass is 10.2. The highest BCUT2D eigenvalue weighted by molar-refractivity contribution is 9.10. The van der Waals surface area contributed by atoms with Crippen molar-refractivity contribution in [2.24, 2.45) is 0 Å². The zero-order chi connectivity index (χ0) is 19.1. The van der Waals surface area contributed by atoms with Gasteiger partial charge in [-0.1, -0.05) is 27.5 Å². The molecule has 2 aromatic rings. The molecule has 0 fully saturated rings. The van der Waals surface area contributed by atoms with Crippen LogP contribution in [-0.2, 0) is 9.59 Å². The molecular formula is C18H17BrClN3O3. The van der Waals surface area contributed by atoms with E-state index >= 15 is 0 Å². The van der Waals surface area contributed by atoms with Crippen molar-refractivity contribution < 1.29 is 14.4 Å². The second kappa shape index (κ2) is 9.35. The Morgan fingerprint density at radius 1 is 0.962 bits per heavy atom. The molecule has 6 nitrogen and oxygen atoms in total. The third-order valence-electron chi connectivity index (χ3n) is 3.42. The number of hydrogen-bond acceptors (Lipinski definition) is 3. The molecule has 0 unspecified atom stereocenters. The van der Waals surface area contributed by atoms with Gasteiger partial charge in [0.15, 0.2) is 0 Å². The van der Waals surface area contributed by atoms with Gasteiger partial charge in [-0.05, 0) is 55.0 Å². The smallest absolute Gasteiger partial charge is 0.251 e. The van der Waals surface area contributed by atoms with Gasteiger partial charge >= 0.3 is 0 Å². The van der Waals surface area contributed by atoms with Gasteiger partial charge in [0.1, 0.15) is 0 Å². The van der Waals surface area contributed by atoms with Crippen LogP contribution in [0.5, 0.6) is 0 Å². The average Bonchev–Trinajstić information content (AvgIpc) is 2.61. The summed E-state index contributed by atoms with van der Waals surface area (Å²) in [7, 11) is 0. The maximum atomic E-state index is 11.9. The van der Waals surface area contributed by atoms with Gasteiger partial charge in [0, 0.05) is 20.7 Å². The van der Waals surface area contributed by atoms with E-state index in [-0.39, 0.29) is 19.0 Å². The molecule has 0 spiro atoms. The van der Waals surface area contributed by atoms with Crippen LogP contribution < -0.4 is 16.0 Å². The zero-order valence-corrected chi connectivity index (χ0v) is 16.3. The normalized spacial score (nSPS) is 10.1. The minimum atomic E-state index is -0.463. The molecule has 0 aliphatic carbocycles. The summed E-state index contributed by atoms with van der Waals surface area (Å²) in [6, 6.07) is 11.8. The molecule has 136 valence electrons. The number of hydrogen-bond donors (Lipinski definition) is 3. The maximum absolute atomic E-state index is 11.9. The van der Waals surface area contributed by atoms with Crippen LogP contribution in [0, 0.1) is 6.92 Å². The van der Waals surface area contributed by atoms with Crippen molar-refractivity contribution in [1.29, 1.82) is 0 Å². The van der Waals surface area contributed by atoms with Crippen LogP contribution in [0.15, 0.2) is 46.9 Å². The second-order valence-electron chi connectivity index (χ2n) is 5.47. The summed E-state index contributed by atoms with van der Waals surface area (Å²) < 4.78 is 0.915. The highest BCUT2D eigenvalue weighted by atomic mass is 79.9. The van der Waals surface area contributed by atoms with Crippen LogP contribution in [0.25, 0.3) is 0 Å². The van der Waals surface area contributed by atoms with Crippen molar-refractivity contribution in [3.63, 3.8) is 0 Å². The number of amides is 3. The number of aryl methyl sites for hydroxylation is 1. The number of halogens is 2. The molecule has 3 amide bonds. The molecule has 0 aromatic heterocycles. The third kappa shape index (κ3) is 6.16. The van der Waals surface area contributed by atoms with E-state index in [9.17, 15) is 14.4 Å². The van der Waals surface area contributed by atoms with Crippen molar-refractivity contribution in [2.75, 3.05) is 18.4 Å². The molecule has 0 aliphatic heterocycles. The van der Waals surface area contributed by atoms with Crippen LogP contribution in [0.1, 0.15) is 15.9 Å². The van der Waals surface area contributed by atoms with Gasteiger partial charge in [0.05, 0.1) is 13.1 Å². The van der Waals surface area contributed by atoms with E-state index in [1.807, 2.05) is 19.1 Å². The predicted molar refractivity (Wildman–Crippen MR) is 104 cm³/mol. The lowest BCUT2D eigenvalue weighted by molar-refractivity contribution is -0.123. The molecule has 0 atom stereocenters. The summed E-state index contributed by atoms with van der Waals surface area (Å²) >= 11 is 9.10. The highest BCUT2D eigenvalue weighted by Gasteiger charge is 2.10. The number of benzene rings is 2. The SMILES string of the molecule is Cc1cc(Br)ccc1NC(=O)CNC(=O)CNC(=O)c1ccc(Cl)cc1. The molecule has 3 N–H and O–H groups in total. The highest BCUT2D eigenvalue weighted by Crippen LogP contribution is 2.19. The fourth-order valence-electron chi connectivity index (χ4n) is 2.07. The van der Waals surface area contributed by atoms with Crippen molar-refractivity contribution in [3.05, 3.63) is 63.1 Å². The van der Waals surface area contributed by atoms with Gasteiger partial charge in [-0.25, -0.2) is 0 Å². The van der Waals surface area contributed by atoms with Crippen LogP contribution in [0.2, 0.25) is 5.02 Å². The van der Waals surface area contributed by atoms with Crippen molar-refractivity contribution >= 4 is 50.9 Å². The Labute approximate surface area is 164 Å². The van der Waals surface area contributed by atoms with E-state index in [0.29, 0.717) is 16.3 Å². The van der Waals surface area contributed by atoms with Gasteiger partial charge in [0.25, 0.3) is 5.91 Å². The van der Waals surface area contributed by atoms with Gasteiger partial charge in [-0.15, -0.1) is 0 Å². The predicted octanol–water partition coefficient (Wildman–Crippen LogP) is 2.90. The molecule has 0 aliphatic rings. The first-order valence-electron chi connectivity index (χ1n) is 7.71. The molecule has 0 saturated carbocycles. The molecule has 8 heteroatoms. The minimum Gasteiger partial charge on any atom is -0.345 e. The van der Waals surface area contributed by atoms with Crippen LogP contribution in [0.3, 0.4) is 0 Å². The van der Waals surface area contributed by atoms with E-state index in [2.05, 4.69) is 31.9 Å². The summed E-state index contributed by atoms with van der Waals surface area (Å²) in [5.74, 6) is -1.21. The van der Waals surface area contributed by atoms with Crippen molar-refractivity contribution in [2.45, 2.75) is 6.92 Å². The number of carbonyl (C=O) groups is 3. The zero-order valence-electron chi connectivity index (χ0n) is 13.9. The average molecular weight is 439 g/mol. The Balaban J connectivity index is 1.74. The standard InChI is InChI=1S/C18H17BrClN3O3/c1-11-8-13(19)4-7-15(11)23-17(25)10-21-16(24)9-22-18(26)12-2-5-14(20)6-3-12/h2-8H,9-10H2,1H3,(H,21,24)(H,22,26)(H,23,25). The Bertz CT molecular complexity index is 825. The molecule has 0 saturated heterocycles. The summed E-state index contributed by atoms with van der Waals surface area (Å²) in [5.41, 5.74) is 1.96. The first-order valence-corrected chi connectivity index (χ1v) is 8.88. The van der Waals surface area contributed by atoms with Crippen LogP contribution >= 0.6 is 27.5 Å². The lowest BCUT2D eigenvalue weighted by Gasteiger charge is -2.10. The van der Waals surface area contributed by atoms with E-state index in [1.165, 1.54) is 0 Å². The second-order valence-corrected chi connectivity index (χ2v) is 6.83. The number of nitrogens with one attached hydrogen (secondary N) is 3. The Hall–Kier alpha value is -2.38. The van der Waals surface area contributed by atoms with Gasteiger partial charge in [-0.3, -0.25) is 14.4 Å². The molecule has 0 radical (unpaired) electrons. The van der Waals surface area contributed by atoms with Crippen LogP contribution in [0.4, 0.5) is 5.69 Å². The summed E-state index contributed by atoms with van der Waals surface area (Å²) in [4.78, 5) is 35.6. The van der Waals surface area contributed by atoms with Gasteiger partial charge in [-0.2, -0.15) is 0 Å². The largest absolute Gasteiger partial charge is 0.345 e. The number of carbonyl (C=O) groups excluding carboxylic acids is 3. The van der Waals surface area contributed by atoms with Crippen LogP contribution in [-0.4, -0.2) is 30.8 Å². The van der Waals surface area contributed by atoms with E-state index < -0.39 is 11.8 Å². The van der Waals surface area contributed by atoms with E-state index in [4.69, 9.17) is 11.6 Å². The summed E-state index contributed by atoms with van der Waals surface area (Å²) in [6.07, 6.45) is 0. The molecular weight excluding hydrogens is 422 g/mol. The fraction of sp³-hybridized carbons (Fsp3) is 0.167. The van der Waals surface area contributed by atoms with Crippen molar-refractivity contribution in [1.82, 2.24) is 10.6 Å². The minimum absolute atomic E-state index is 0.189. The summed E-state index contributed by atoms with van der Waals surface area (Å²) in [5, 5.41) is 8.16.